The van der Waals surface area contributed by atoms with Crippen LogP contribution in [0.5, 0.6) is 0 Å². The normalized spacial score (nSPS) is 11.0. The Balaban J connectivity index is 2.41. The van der Waals surface area contributed by atoms with Crippen molar-refractivity contribution in [2.24, 2.45) is 0 Å². The summed E-state index contributed by atoms with van der Waals surface area (Å²) in [4.78, 5) is 0.0207. The average Bonchev–Trinajstić information content (AvgIpc) is 2.42. The highest BCUT2D eigenvalue weighted by atomic mass is 35.5. The van der Waals surface area contributed by atoms with Gasteiger partial charge in [-0.15, -0.1) is 0 Å². The Kier molecular flexibility index (Phi) is 4.21. The lowest BCUT2D eigenvalue weighted by Gasteiger charge is -2.11. The maximum atomic E-state index is 12.4. The van der Waals surface area contributed by atoms with Crippen LogP contribution < -0.4 is 4.72 Å². The highest BCUT2D eigenvalue weighted by Gasteiger charge is 2.17. The maximum absolute atomic E-state index is 12.4. The van der Waals surface area contributed by atoms with Gasteiger partial charge in [0.2, 0.25) is 0 Å². The van der Waals surface area contributed by atoms with E-state index in [1.54, 1.807) is 6.07 Å². The first-order valence-electron chi connectivity index (χ1n) is 6.13. The second-order valence-corrected chi connectivity index (χ2v) is 6.77. The smallest absolute Gasteiger partial charge is 0.261 e. The molecule has 21 heavy (non-hydrogen) atoms. The van der Waals surface area contributed by atoms with Crippen molar-refractivity contribution in [1.29, 1.82) is 5.26 Å². The molecule has 2 aromatic carbocycles. The highest BCUT2D eigenvalue weighted by Crippen LogP contribution is 2.24. The van der Waals surface area contributed by atoms with Crippen molar-refractivity contribution in [1.82, 2.24) is 0 Å². The van der Waals surface area contributed by atoms with E-state index in [-0.39, 0.29) is 15.5 Å². The second-order valence-electron chi connectivity index (χ2n) is 4.68. The molecule has 0 spiro atoms. The number of hydrogen-bond acceptors (Lipinski definition) is 3. The predicted octanol–water partition coefficient (Wildman–Crippen LogP) is 3.63. The van der Waals surface area contributed by atoms with Gasteiger partial charge in [0.25, 0.3) is 10.0 Å². The first-order chi connectivity index (χ1) is 9.83. The van der Waals surface area contributed by atoms with E-state index in [9.17, 15) is 8.42 Å². The minimum Gasteiger partial charge on any atom is -0.279 e. The van der Waals surface area contributed by atoms with E-state index >= 15 is 0 Å². The molecule has 0 aliphatic carbocycles. The average molecular weight is 321 g/mol. The molecule has 108 valence electrons. The molecular formula is C15H13ClN2O2S. The molecule has 0 amide bonds. The van der Waals surface area contributed by atoms with Gasteiger partial charge in [0.05, 0.1) is 21.2 Å². The van der Waals surface area contributed by atoms with Crippen molar-refractivity contribution in [3.05, 3.63) is 58.1 Å². The van der Waals surface area contributed by atoms with Crippen molar-refractivity contribution in [2.75, 3.05) is 4.72 Å². The third-order valence-electron chi connectivity index (χ3n) is 3.01. The third-order valence-corrected chi connectivity index (χ3v) is 4.68. The largest absolute Gasteiger partial charge is 0.279 e. The first kappa shape index (κ1) is 15.4. The van der Waals surface area contributed by atoms with Crippen LogP contribution in [0.2, 0.25) is 5.02 Å². The molecule has 0 aromatic heterocycles. The summed E-state index contributed by atoms with van der Waals surface area (Å²) >= 11 is 5.88. The summed E-state index contributed by atoms with van der Waals surface area (Å²) in [5.41, 5.74) is 2.54. The summed E-state index contributed by atoms with van der Waals surface area (Å²) in [6, 6.07) is 11.4. The second kappa shape index (κ2) is 5.76. The van der Waals surface area contributed by atoms with Crippen molar-refractivity contribution in [2.45, 2.75) is 18.7 Å². The molecule has 0 saturated heterocycles. The molecular weight excluding hydrogens is 308 g/mol. The van der Waals surface area contributed by atoms with Gasteiger partial charge < -0.3 is 0 Å². The van der Waals surface area contributed by atoms with Gasteiger partial charge in [0, 0.05) is 0 Å². The molecule has 4 nitrogen and oxygen atoms in total. The van der Waals surface area contributed by atoms with Gasteiger partial charge in [0.15, 0.2) is 0 Å². The van der Waals surface area contributed by atoms with Crippen molar-refractivity contribution < 1.29 is 8.42 Å². The number of benzene rings is 2. The van der Waals surface area contributed by atoms with E-state index in [2.05, 4.69) is 4.72 Å². The number of anilines is 1. The maximum Gasteiger partial charge on any atom is 0.261 e. The Hall–Kier alpha value is -2.03. The van der Waals surface area contributed by atoms with Crippen LogP contribution in [0.1, 0.15) is 16.7 Å². The molecule has 0 unspecified atom stereocenters. The lowest BCUT2D eigenvalue weighted by molar-refractivity contribution is 0.601. The summed E-state index contributed by atoms with van der Waals surface area (Å²) in [6.07, 6.45) is 0. The summed E-state index contributed by atoms with van der Waals surface area (Å²) in [7, 11) is -3.74. The van der Waals surface area contributed by atoms with Gasteiger partial charge in [-0.05, 0) is 49.2 Å². The Morgan fingerprint density at radius 1 is 1.14 bits per heavy atom. The third kappa shape index (κ3) is 3.35. The lowest BCUT2D eigenvalue weighted by atomic mass is 10.1. The lowest BCUT2D eigenvalue weighted by Crippen LogP contribution is -2.14. The van der Waals surface area contributed by atoms with Crippen LogP contribution in [-0.2, 0) is 10.0 Å². The quantitative estimate of drug-likeness (QED) is 0.938. The van der Waals surface area contributed by atoms with Crippen LogP contribution in [0.4, 0.5) is 5.69 Å². The van der Waals surface area contributed by atoms with E-state index in [0.29, 0.717) is 5.69 Å². The number of rotatable bonds is 3. The molecule has 2 rings (SSSR count). The number of aryl methyl sites for hydroxylation is 2. The molecule has 0 bridgehead atoms. The summed E-state index contributed by atoms with van der Waals surface area (Å²) in [5.74, 6) is 0. The Bertz CT molecular complexity index is 839. The standard InChI is InChI=1S/C15H13ClN2O2S/c1-10-3-4-11(2)15(7-10)18-21(19,20)13-6-5-12(9-17)14(16)8-13/h3-8,18H,1-2H3. The van der Waals surface area contributed by atoms with Crippen molar-refractivity contribution in [3.63, 3.8) is 0 Å². The van der Waals surface area contributed by atoms with Crippen LogP contribution in [0.3, 0.4) is 0 Å². The van der Waals surface area contributed by atoms with Gasteiger partial charge in [-0.1, -0.05) is 23.7 Å². The predicted molar refractivity (Wildman–Crippen MR) is 82.9 cm³/mol. The topological polar surface area (TPSA) is 70.0 Å². The zero-order chi connectivity index (χ0) is 15.6. The van der Waals surface area contributed by atoms with Gasteiger partial charge in [-0.2, -0.15) is 5.26 Å². The number of nitrogens with zero attached hydrogens (tertiary/aromatic N) is 1. The van der Waals surface area contributed by atoms with E-state index in [1.165, 1.54) is 18.2 Å². The first-order valence-corrected chi connectivity index (χ1v) is 7.99. The SMILES string of the molecule is Cc1ccc(C)c(NS(=O)(=O)c2ccc(C#N)c(Cl)c2)c1. The fourth-order valence-electron chi connectivity index (χ4n) is 1.80. The minimum absolute atomic E-state index is 0.0207. The molecule has 6 heteroatoms. The Labute approximate surface area is 129 Å². The van der Waals surface area contributed by atoms with Gasteiger partial charge >= 0.3 is 0 Å². The molecule has 0 heterocycles. The van der Waals surface area contributed by atoms with Crippen LogP contribution in [-0.4, -0.2) is 8.42 Å². The Morgan fingerprint density at radius 3 is 2.48 bits per heavy atom. The monoisotopic (exact) mass is 320 g/mol. The van der Waals surface area contributed by atoms with E-state index in [4.69, 9.17) is 16.9 Å². The Morgan fingerprint density at radius 2 is 1.86 bits per heavy atom. The molecule has 0 aliphatic rings. The zero-order valence-corrected chi connectivity index (χ0v) is 13.1. The van der Waals surface area contributed by atoms with E-state index < -0.39 is 10.0 Å². The summed E-state index contributed by atoms with van der Waals surface area (Å²) in [5, 5.41) is 8.93. The van der Waals surface area contributed by atoms with E-state index in [0.717, 1.165) is 11.1 Å². The molecule has 0 saturated carbocycles. The van der Waals surface area contributed by atoms with Gasteiger partial charge in [-0.3, -0.25) is 4.72 Å². The number of sulfonamides is 1. The number of halogens is 1. The number of nitrogens with one attached hydrogen (secondary N) is 1. The zero-order valence-electron chi connectivity index (χ0n) is 11.5. The van der Waals surface area contributed by atoms with Gasteiger partial charge in [-0.25, -0.2) is 8.42 Å². The molecule has 0 atom stereocenters. The number of nitriles is 1. The molecule has 0 radical (unpaired) electrons. The van der Waals surface area contributed by atoms with Crippen molar-refractivity contribution >= 4 is 27.3 Å². The highest BCUT2D eigenvalue weighted by molar-refractivity contribution is 7.92. The van der Waals surface area contributed by atoms with Gasteiger partial charge in [0.1, 0.15) is 6.07 Å². The van der Waals surface area contributed by atoms with Crippen molar-refractivity contribution in [3.8, 4) is 6.07 Å². The molecule has 0 fully saturated rings. The number of hydrogen-bond donors (Lipinski definition) is 1. The summed E-state index contributed by atoms with van der Waals surface area (Å²) < 4.78 is 27.3. The van der Waals surface area contributed by atoms with Crippen LogP contribution in [0, 0.1) is 25.2 Å². The molecule has 1 N–H and O–H groups in total. The van der Waals surface area contributed by atoms with E-state index in [1.807, 2.05) is 32.0 Å². The fourth-order valence-corrected chi connectivity index (χ4v) is 3.24. The summed E-state index contributed by atoms with van der Waals surface area (Å²) in [6.45, 7) is 3.71. The molecule has 2 aromatic rings. The molecule has 0 aliphatic heterocycles. The van der Waals surface area contributed by atoms with Crippen LogP contribution in [0.25, 0.3) is 0 Å². The fraction of sp³-hybridized carbons (Fsp3) is 0.133. The van der Waals surface area contributed by atoms with Crippen LogP contribution >= 0.6 is 11.6 Å². The minimum atomic E-state index is -3.74. The van der Waals surface area contributed by atoms with Crippen LogP contribution in [0.15, 0.2) is 41.3 Å².